The molecule has 432 valence electrons. The minimum atomic E-state index is -0.407. The van der Waals surface area contributed by atoms with Gasteiger partial charge in [-0.25, -0.2) is 0 Å². The van der Waals surface area contributed by atoms with Crippen LogP contribution in [0.15, 0.2) is 152 Å². The molecule has 0 aliphatic rings. The third-order valence-electron chi connectivity index (χ3n) is 7.45. The van der Waals surface area contributed by atoms with Crippen molar-refractivity contribution < 1.29 is 56.4 Å². The topological polar surface area (TPSA) is 147 Å². The first-order valence-electron chi connectivity index (χ1n) is 26.5. The maximum atomic E-state index is 8.89. The van der Waals surface area contributed by atoms with E-state index in [9.17, 15) is 0 Å². The van der Waals surface area contributed by atoms with Crippen LogP contribution in [-0.4, -0.2) is 103 Å². The molecule has 10 nitrogen and oxygen atoms in total. The lowest BCUT2D eigenvalue weighted by Crippen LogP contribution is -2.12. The largest absolute Gasteiger partial charge is 0.491 e. The van der Waals surface area contributed by atoms with Crippen molar-refractivity contribution in [1.29, 1.82) is 0 Å². The molecule has 0 aromatic heterocycles. The Bertz CT molecular complexity index is 1480. The molecule has 5 aromatic rings. The van der Waals surface area contributed by atoms with Crippen LogP contribution in [0.4, 0.5) is 0 Å². The highest BCUT2D eigenvalue weighted by atomic mass is 16.5. The van der Waals surface area contributed by atoms with Gasteiger partial charge in [0.05, 0.1) is 43.7 Å². The smallest absolute Gasteiger partial charge is 0.119 e. The molecule has 0 saturated carbocycles. The fraction of sp³-hybridized carbons (Fsp3) is 0.524. The van der Waals surface area contributed by atoms with Gasteiger partial charge in [-0.2, -0.15) is 0 Å². The third kappa shape index (κ3) is 69.3. The van der Waals surface area contributed by atoms with E-state index in [1.165, 1.54) is 11.1 Å². The van der Waals surface area contributed by atoms with E-state index >= 15 is 0 Å². The standard InChI is InChI=1S/3C9H12O2.2C9H12.2C4H10O2.5C2H6.5H2/c3*1-8(10)7-11-9-5-3-2-4-6-9;2*1-8(2)9-6-4-3-5-7-9;2*1-4(5)3-6-2;5*1-2;;;;;/h3*2-6,8,10H,7H2,1H3;2*3-8H,1-2H3;2*4-5H,3H2,1-2H3;5*1-2H3;5*1H. The summed E-state index contributed by atoms with van der Waals surface area (Å²) < 4.78 is 24.8. The zero-order valence-corrected chi connectivity index (χ0v) is 49.8. The van der Waals surface area contributed by atoms with Crippen molar-refractivity contribution in [2.45, 2.75) is 174 Å². The molecule has 5 rings (SSSR count). The lowest BCUT2D eigenvalue weighted by molar-refractivity contribution is 0.0764. The molecule has 0 saturated heterocycles. The van der Waals surface area contributed by atoms with E-state index in [0.29, 0.717) is 44.9 Å². The summed E-state index contributed by atoms with van der Waals surface area (Å²) in [5.74, 6) is 3.72. The van der Waals surface area contributed by atoms with Gasteiger partial charge in [-0.15, -0.1) is 0 Å². The van der Waals surface area contributed by atoms with E-state index in [2.05, 4.69) is 85.7 Å². The Morgan fingerprint density at radius 1 is 0.288 bits per heavy atom. The summed E-state index contributed by atoms with van der Waals surface area (Å²) in [5.41, 5.74) is 2.83. The van der Waals surface area contributed by atoms with Crippen molar-refractivity contribution in [2.24, 2.45) is 0 Å². The molecule has 0 aliphatic heterocycles. The van der Waals surface area contributed by atoms with Crippen molar-refractivity contribution in [3.05, 3.63) is 163 Å². The fourth-order valence-electron chi connectivity index (χ4n) is 4.36. The maximum Gasteiger partial charge on any atom is 0.119 e. The third-order valence-corrected chi connectivity index (χ3v) is 7.45. The minimum absolute atomic E-state index is 0. The van der Waals surface area contributed by atoms with Crippen LogP contribution in [-0.2, 0) is 9.47 Å². The molecule has 0 spiro atoms. The molecule has 5 N–H and O–H groups in total. The predicted octanol–water partition coefficient (Wildman–Crippen LogP) is 16.3. The Morgan fingerprint density at radius 3 is 0.562 bits per heavy atom. The van der Waals surface area contributed by atoms with Crippen LogP contribution in [0.25, 0.3) is 0 Å². The second-order valence-corrected chi connectivity index (χ2v) is 15.2. The summed E-state index contributed by atoms with van der Waals surface area (Å²) in [5, 5.41) is 43.5. The molecule has 73 heavy (non-hydrogen) atoms. The van der Waals surface area contributed by atoms with Crippen molar-refractivity contribution >= 4 is 0 Å². The van der Waals surface area contributed by atoms with Crippen molar-refractivity contribution in [1.82, 2.24) is 0 Å². The molecule has 0 amide bonds. The van der Waals surface area contributed by atoms with Crippen LogP contribution in [0.5, 0.6) is 17.2 Å². The van der Waals surface area contributed by atoms with Crippen LogP contribution in [0, 0.1) is 0 Å². The quantitative estimate of drug-likeness (QED) is 0.0686. The molecule has 5 unspecified atom stereocenters. The van der Waals surface area contributed by atoms with Gasteiger partial charge in [0, 0.05) is 21.4 Å². The number of benzene rings is 5. The lowest BCUT2D eigenvalue weighted by Gasteiger charge is -2.06. The van der Waals surface area contributed by atoms with E-state index in [0.717, 1.165) is 17.2 Å². The highest BCUT2D eigenvalue weighted by molar-refractivity contribution is 5.22. The zero-order valence-electron chi connectivity index (χ0n) is 49.8. The maximum absolute atomic E-state index is 8.89. The van der Waals surface area contributed by atoms with Crippen molar-refractivity contribution in [2.75, 3.05) is 47.3 Å². The molecule has 5 aromatic carbocycles. The average molecular weight is 1040 g/mol. The molecular formula is C63H120O10. The van der Waals surface area contributed by atoms with Crippen LogP contribution in [0.1, 0.15) is 162 Å². The van der Waals surface area contributed by atoms with Crippen LogP contribution >= 0.6 is 0 Å². The Labute approximate surface area is 456 Å². The van der Waals surface area contributed by atoms with E-state index in [1.807, 2.05) is 172 Å². The van der Waals surface area contributed by atoms with Crippen LogP contribution in [0.2, 0.25) is 0 Å². The average Bonchev–Trinajstić information content (AvgIpc) is 3.42. The number of hydrogen-bond donors (Lipinski definition) is 5. The van der Waals surface area contributed by atoms with Crippen LogP contribution < -0.4 is 14.2 Å². The molecule has 0 bridgehead atoms. The monoisotopic (exact) mass is 1040 g/mol. The number of hydrogen-bond acceptors (Lipinski definition) is 10. The summed E-state index contributed by atoms with van der Waals surface area (Å²) in [6.45, 7) is 39.2. The second-order valence-electron chi connectivity index (χ2n) is 15.2. The summed E-state index contributed by atoms with van der Waals surface area (Å²) >= 11 is 0. The first-order valence-corrected chi connectivity index (χ1v) is 26.5. The van der Waals surface area contributed by atoms with Gasteiger partial charge in [0.25, 0.3) is 0 Å². The SMILES string of the molecule is CC.CC.CC.CC.CC.CC(C)c1ccccc1.CC(C)c1ccccc1.CC(O)COc1ccccc1.CC(O)COc1ccccc1.CC(O)COc1ccccc1.COCC(C)O.COCC(C)O.[HH].[HH].[HH].[HH].[HH]. The molecule has 0 aliphatic carbocycles. The molecule has 10 heteroatoms. The van der Waals surface area contributed by atoms with Crippen molar-refractivity contribution in [3.8, 4) is 17.2 Å². The molecule has 0 heterocycles. The summed E-state index contributed by atoms with van der Waals surface area (Å²) in [6.07, 6.45) is -1.87. The highest BCUT2D eigenvalue weighted by Crippen LogP contribution is 2.13. The van der Waals surface area contributed by atoms with Crippen molar-refractivity contribution in [3.63, 3.8) is 0 Å². The fourth-order valence-corrected chi connectivity index (χ4v) is 4.36. The zero-order chi connectivity index (χ0) is 57.7. The number of methoxy groups -OCH3 is 2. The Hall–Kier alpha value is -4.78. The Morgan fingerprint density at radius 2 is 0.452 bits per heavy atom. The van der Waals surface area contributed by atoms with Gasteiger partial charge in [0.15, 0.2) is 0 Å². The molecule has 5 atom stereocenters. The highest BCUT2D eigenvalue weighted by Gasteiger charge is 1.98. The predicted molar refractivity (Wildman–Crippen MR) is 326 cm³/mol. The number of aliphatic hydroxyl groups excluding tert-OH is 5. The Balaban J connectivity index is -0.0000000632. The van der Waals surface area contributed by atoms with E-state index < -0.39 is 18.3 Å². The van der Waals surface area contributed by atoms with Gasteiger partial charge >= 0.3 is 0 Å². The van der Waals surface area contributed by atoms with Gasteiger partial charge in [0.2, 0.25) is 0 Å². The lowest BCUT2D eigenvalue weighted by atomic mass is 10.0. The second kappa shape index (κ2) is 67.2. The number of rotatable bonds is 15. The van der Waals surface area contributed by atoms with E-state index in [-0.39, 0.29) is 19.3 Å². The molecule has 0 radical (unpaired) electrons. The molecular weight excluding hydrogens is 917 g/mol. The summed E-state index contributed by atoms with van der Waals surface area (Å²) in [7, 11) is 3.12. The minimum Gasteiger partial charge on any atom is -0.491 e. The van der Waals surface area contributed by atoms with Gasteiger partial charge in [-0.3, -0.25) is 0 Å². The summed E-state index contributed by atoms with van der Waals surface area (Å²) in [4.78, 5) is 0. The number of aliphatic hydroxyl groups is 5. The number of ether oxygens (including phenoxy) is 5. The molecule has 0 fully saturated rings. The Kier molecular flexibility index (Phi) is 75.7. The van der Waals surface area contributed by atoms with E-state index in [1.54, 1.807) is 48.8 Å². The van der Waals surface area contributed by atoms with Gasteiger partial charge in [-0.1, -0.05) is 212 Å². The first-order chi connectivity index (χ1) is 35.0. The van der Waals surface area contributed by atoms with Gasteiger partial charge in [0.1, 0.15) is 37.1 Å². The summed E-state index contributed by atoms with van der Waals surface area (Å²) in [6, 6.07) is 49.4. The van der Waals surface area contributed by atoms with Gasteiger partial charge < -0.3 is 49.2 Å². The normalized spacial score (nSPS) is 11.0. The van der Waals surface area contributed by atoms with E-state index in [4.69, 9.17) is 39.7 Å². The first kappa shape index (κ1) is 82.2. The van der Waals surface area contributed by atoms with Gasteiger partial charge in [-0.05, 0) is 94.0 Å². The van der Waals surface area contributed by atoms with Crippen LogP contribution in [0.3, 0.4) is 0 Å². The number of para-hydroxylation sites is 3.